The lowest BCUT2D eigenvalue weighted by molar-refractivity contribution is -0.117. The largest absolute Gasteiger partial charge is 0.359 e. The third-order valence-electron chi connectivity index (χ3n) is 5.19. The lowest BCUT2D eigenvalue weighted by Crippen LogP contribution is -2.45. The first-order valence-electron chi connectivity index (χ1n) is 10.3. The average Bonchev–Trinajstić information content (AvgIpc) is 2.77. The highest BCUT2D eigenvalue weighted by atomic mass is 19.1. The lowest BCUT2D eigenvalue weighted by atomic mass is 9.94. The molecule has 2 aromatic heterocycles. The normalized spacial score (nSPS) is 13.3. The van der Waals surface area contributed by atoms with Gasteiger partial charge < -0.3 is 15.5 Å². The second-order valence-corrected chi connectivity index (χ2v) is 8.39. The van der Waals surface area contributed by atoms with Crippen LogP contribution >= 0.6 is 0 Å². The number of carbonyl (C=O) groups excluding carboxylic acids is 2. The zero-order chi connectivity index (χ0) is 22.7. The molecule has 3 heterocycles. The Morgan fingerprint density at radius 3 is 2.69 bits per heavy atom. The molecular formula is C24H24FN5O2. The molecule has 1 aliphatic heterocycles. The molecule has 2 N–H and O–H groups in total. The molecule has 164 valence electrons. The van der Waals surface area contributed by atoms with Crippen molar-refractivity contribution in [2.45, 2.75) is 32.4 Å². The van der Waals surface area contributed by atoms with Crippen LogP contribution in [0.5, 0.6) is 0 Å². The fourth-order valence-corrected chi connectivity index (χ4v) is 3.67. The van der Waals surface area contributed by atoms with Gasteiger partial charge in [-0.2, -0.15) is 0 Å². The van der Waals surface area contributed by atoms with Gasteiger partial charge in [0.2, 0.25) is 5.91 Å². The Morgan fingerprint density at radius 2 is 1.97 bits per heavy atom. The van der Waals surface area contributed by atoms with Crippen molar-refractivity contribution in [2.24, 2.45) is 0 Å². The summed E-state index contributed by atoms with van der Waals surface area (Å²) in [6.45, 7) is 4.22. The number of halogens is 1. The number of anilines is 2. The minimum atomic E-state index is -0.577. The summed E-state index contributed by atoms with van der Waals surface area (Å²) in [5.74, 6) is -0.181. The van der Waals surface area contributed by atoms with Gasteiger partial charge in [0.05, 0.1) is 30.0 Å². The van der Waals surface area contributed by atoms with E-state index in [1.807, 2.05) is 32.0 Å². The Bertz CT molecular complexity index is 1130. The maximum Gasteiger partial charge on any atom is 0.253 e. The summed E-state index contributed by atoms with van der Waals surface area (Å²) in [6, 6.07) is 13.4. The molecule has 0 saturated heterocycles. The summed E-state index contributed by atoms with van der Waals surface area (Å²) in [5.41, 5.74) is 1.96. The first-order chi connectivity index (χ1) is 15.3. The molecule has 3 aromatic rings. The molecule has 32 heavy (non-hydrogen) atoms. The molecule has 1 aromatic carbocycles. The van der Waals surface area contributed by atoms with Gasteiger partial charge in [0, 0.05) is 17.9 Å². The van der Waals surface area contributed by atoms with E-state index in [1.54, 1.807) is 29.3 Å². The zero-order valence-electron chi connectivity index (χ0n) is 17.9. The molecule has 0 aliphatic carbocycles. The fourth-order valence-electron chi connectivity index (χ4n) is 3.67. The minimum Gasteiger partial charge on any atom is -0.359 e. The van der Waals surface area contributed by atoms with E-state index in [0.29, 0.717) is 23.5 Å². The second-order valence-electron chi connectivity index (χ2n) is 8.39. The van der Waals surface area contributed by atoms with E-state index in [-0.39, 0.29) is 30.7 Å². The first-order valence-corrected chi connectivity index (χ1v) is 10.3. The average molecular weight is 433 g/mol. The number of hydrogen-bond donors (Lipinski definition) is 2. The van der Waals surface area contributed by atoms with Gasteiger partial charge in [-0.3, -0.25) is 14.6 Å². The van der Waals surface area contributed by atoms with Gasteiger partial charge in [-0.15, -0.1) is 0 Å². The second kappa shape index (κ2) is 8.74. The first kappa shape index (κ1) is 21.4. The van der Waals surface area contributed by atoms with Crippen LogP contribution in [0.3, 0.4) is 0 Å². The van der Waals surface area contributed by atoms with Gasteiger partial charge in [-0.05, 0) is 56.2 Å². The molecule has 0 spiro atoms. The summed E-state index contributed by atoms with van der Waals surface area (Å²) in [7, 11) is 0. The molecule has 0 bridgehead atoms. The van der Waals surface area contributed by atoms with Crippen LogP contribution in [-0.2, 0) is 17.8 Å². The van der Waals surface area contributed by atoms with Crippen LogP contribution in [0.4, 0.5) is 15.9 Å². The number of carbonyl (C=O) groups is 2. The van der Waals surface area contributed by atoms with Crippen molar-refractivity contribution in [3.05, 3.63) is 83.6 Å². The summed E-state index contributed by atoms with van der Waals surface area (Å²) in [5, 5.41) is 6.00. The Hall–Kier alpha value is -3.81. The molecule has 0 saturated carbocycles. The maximum absolute atomic E-state index is 13.2. The van der Waals surface area contributed by atoms with E-state index >= 15 is 0 Å². The van der Waals surface area contributed by atoms with Crippen LogP contribution < -0.4 is 15.5 Å². The predicted octanol–water partition coefficient (Wildman–Crippen LogP) is 3.33. The van der Waals surface area contributed by atoms with Crippen LogP contribution in [0, 0.1) is 5.82 Å². The topological polar surface area (TPSA) is 87.2 Å². The van der Waals surface area contributed by atoms with Crippen molar-refractivity contribution in [3.8, 4) is 0 Å². The predicted molar refractivity (Wildman–Crippen MR) is 120 cm³/mol. The highest BCUT2D eigenvalue weighted by Gasteiger charge is 2.28. The van der Waals surface area contributed by atoms with Crippen molar-refractivity contribution in [1.29, 1.82) is 0 Å². The monoisotopic (exact) mass is 433 g/mol. The quantitative estimate of drug-likeness (QED) is 0.623. The summed E-state index contributed by atoms with van der Waals surface area (Å²) >= 11 is 0. The van der Waals surface area contributed by atoms with Crippen molar-refractivity contribution in [3.63, 3.8) is 0 Å². The van der Waals surface area contributed by atoms with E-state index in [9.17, 15) is 14.0 Å². The van der Waals surface area contributed by atoms with E-state index in [2.05, 4.69) is 20.6 Å². The number of nitrogens with one attached hydrogen (secondary N) is 2. The van der Waals surface area contributed by atoms with Gasteiger partial charge in [-0.25, -0.2) is 9.37 Å². The molecular weight excluding hydrogens is 409 g/mol. The summed E-state index contributed by atoms with van der Waals surface area (Å²) < 4.78 is 13.2. The van der Waals surface area contributed by atoms with Crippen LogP contribution in [-0.4, -0.2) is 33.9 Å². The Morgan fingerprint density at radius 1 is 1.19 bits per heavy atom. The van der Waals surface area contributed by atoms with E-state index in [0.717, 1.165) is 11.3 Å². The van der Waals surface area contributed by atoms with Crippen LogP contribution in [0.1, 0.15) is 35.5 Å². The van der Waals surface area contributed by atoms with Crippen LogP contribution in [0.2, 0.25) is 0 Å². The smallest absolute Gasteiger partial charge is 0.253 e. The molecule has 8 heteroatoms. The molecule has 0 unspecified atom stereocenters. The van der Waals surface area contributed by atoms with Crippen LogP contribution in [0.15, 0.2) is 60.9 Å². The third-order valence-corrected chi connectivity index (χ3v) is 5.19. The standard InChI is InChI=1S/C24H24FN5O2/c1-24(2,12-16-6-8-18(25)9-7-16)29-23(32)17-11-20-22(27-13-17)28-14-21(31)30(20)15-19-5-3-4-10-26-19/h3-11,13H,12,14-15H2,1-2H3,(H,27,28)(H,29,32). The van der Waals surface area contributed by atoms with Gasteiger partial charge in [0.15, 0.2) is 5.82 Å². The maximum atomic E-state index is 13.2. The van der Waals surface area contributed by atoms with Crippen molar-refractivity contribution in [2.75, 3.05) is 16.8 Å². The Labute approximate surface area is 185 Å². The van der Waals surface area contributed by atoms with Crippen molar-refractivity contribution < 1.29 is 14.0 Å². The summed E-state index contributed by atoms with van der Waals surface area (Å²) in [6.07, 6.45) is 3.70. The number of rotatable bonds is 6. The highest BCUT2D eigenvalue weighted by Crippen LogP contribution is 2.29. The molecule has 1 aliphatic rings. The molecule has 0 radical (unpaired) electrons. The van der Waals surface area contributed by atoms with Gasteiger partial charge >= 0.3 is 0 Å². The van der Waals surface area contributed by atoms with E-state index < -0.39 is 5.54 Å². The molecule has 0 fully saturated rings. The lowest BCUT2D eigenvalue weighted by Gasteiger charge is -2.30. The minimum absolute atomic E-state index is 0.126. The molecule has 7 nitrogen and oxygen atoms in total. The van der Waals surface area contributed by atoms with Crippen molar-refractivity contribution >= 4 is 23.3 Å². The van der Waals surface area contributed by atoms with Crippen molar-refractivity contribution in [1.82, 2.24) is 15.3 Å². The fraction of sp³-hybridized carbons (Fsp3) is 0.250. The number of nitrogens with zero attached hydrogens (tertiary/aromatic N) is 3. The summed E-state index contributed by atoms with van der Waals surface area (Å²) in [4.78, 5) is 35.8. The number of benzene rings is 1. The number of hydrogen-bond acceptors (Lipinski definition) is 5. The number of amides is 2. The Balaban J connectivity index is 1.53. The van der Waals surface area contributed by atoms with E-state index in [4.69, 9.17) is 0 Å². The molecule has 2 amide bonds. The number of aromatic nitrogens is 2. The zero-order valence-corrected chi connectivity index (χ0v) is 17.9. The molecule has 4 rings (SSSR count). The van der Waals surface area contributed by atoms with Gasteiger partial charge in [0.1, 0.15) is 5.82 Å². The van der Waals surface area contributed by atoms with Crippen LogP contribution in [0.25, 0.3) is 0 Å². The Kier molecular flexibility index (Phi) is 5.85. The SMILES string of the molecule is CC(C)(Cc1ccc(F)cc1)NC(=O)c1cnc2c(c1)N(Cc1ccccn1)C(=O)CN2. The van der Waals surface area contributed by atoms with Gasteiger partial charge in [-0.1, -0.05) is 18.2 Å². The number of pyridine rings is 2. The number of fused-ring (bicyclic) bond motifs is 1. The third kappa shape index (κ3) is 4.91. The van der Waals surface area contributed by atoms with Gasteiger partial charge in [0.25, 0.3) is 5.91 Å². The molecule has 0 atom stereocenters. The van der Waals surface area contributed by atoms with E-state index in [1.165, 1.54) is 18.3 Å². The highest BCUT2D eigenvalue weighted by molar-refractivity contribution is 6.04.